The maximum Gasteiger partial charge on any atom is 0.235 e. The molecule has 90 valence electrons. The van der Waals surface area contributed by atoms with Crippen LogP contribution in [0, 0.1) is 13.8 Å². The molecule has 0 spiro atoms. The Kier molecular flexibility index (Phi) is 2.48. The number of aromatic nitrogens is 3. The van der Waals surface area contributed by atoms with Crippen LogP contribution in [0.1, 0.15) is 11.1 Å². The Balaban J connectivity index is 2.07. The largest absolute Gasteiger partial charge is 0.340 e. The van der Waals surface area contributed by atoms with Crippen LogP contribution in [0.15, 0.2) is 42.9 Å². The average Bonchev–Trinajstić information content (AvgIpc) is 2.77. The first-order valence-electron chi connectivity index (χ1n) is 5.87. The van der Waals surface area contributed by atoms with Crippen LogP contribution in [0.3, 0.4) is 0 Å². The van der Waals surface area contributed by atoms with Crippen molar-refractivity contribution < 1.29 is 0 Å². The van der Waals surface area contributed by atoms with E-state index in [0.717, 1.165) is 11.5 Å². The number of aryl methyl sites for hydroxylation is 2. The minimum atomic E-state index is 0.700. The van der Waals surface area contributed by atoms with Crippen molar-refractivity contribution in [3.05, 3.63) is 54.0 Å². The quantitative estimate of drug-likeness (QED) is 0.746. The number of rotatable bonds is 2. The van der Waals surface area contributed by atoms with E-state index in [0.29, 0.717) is 5.78 Å². The molecule has 0 aliphatic carbocycles. The van der Waals surface area contributed by atoms with Crippen molar-refractivity contribution >= 4 is 17.3 Å². The van der Waals surface area contributed by atoms with Crippen molar-refractivity contribution in [1.82, 2.24) is 14.4 Å². The number of nitrogens with one attached hydrogen (secondary N) is 1. The Morgan fingerprint density at radius 2 is 1.83 bits per heavy atom. The van der Waals surface area contributed by atoms with E-state index in [4.69, 9.17) is 0 Å². The highest BCUT2D eigenvalue weighted by atomic mass is 15.2. The Labute approximate surface area is 105 Å². The monoisotopic (exact) mass is 238 g/mol. The minimum absolute atomic E-state index is 0.700. The molecule has 1 N–H and O–H groups in total. The van der Waals surface area contributed by atoms with Gasteiger partial charge in [-0.3, -0.25) is 4.40 Å². The standard InChI is InChI=1S/C14H14N4/c1-10-5-3-6-11(2)13(10)17-12-9-16-14-15-7-4-8-18(12)14/h3-9,17H,1-2H3. The van der Waals surface area contributed by atoms with Crippen LogP contribution in [0.2, 0.25) is 0 Å². The molecule has 0 aliphatic heterocycles. The Morgan fingerprint density at radius 1 is 1.06 bits per heavy atom. The molecule has 0 radical (unpaired) electrons. The molecular formula is C14H14N4. The predicted molar refractivity (Wildman–Crippen MR) is 72.2 cm³/mol. The molecule has 18 heavy (non-hydrogen) atoms. The zero-order chi connectivity index (χ0) is 12.5. The SMILES string of the molecule is Cc1cccc(C)c1Nc1cnc2ncccn12. The summed E-state index contributed by atoms with van der Waals surface area (Å²) < 4.78 is 1.94. The van der Waals surface area contributed by atoms with E-state index in [2.05, 4.69) is 47.3 Å². The maximum absolute atomic E-state index is 4.26. The number of anilines is 2. The van der Waals surface area contributed by atoms with Crippen LogP contribution in [0.25, 0.3) is 5.78 Å². The van der Waals surface area contributed by atoms with Gasteiger partial charge < -0.3 is 5.32 Å². The van der Waals surface area contributed by atoms with Crippen LogP contribution in [0.5, 0.6) is 0 Å². The Hall–Kier alpha value is -2.36. The third-order valence-electron chi connectivity index (χ3n) is 3.02. The molecule has 3 aromatic rings. The van der Waals surface area contributed by atoms with E-state index < -0.39 is 0 Å². The maximum atomic E-state index is 4.26. The van der Waals surface area contributed by atoms with E-state index in [1.807, 2.05) is 16.7 Å². The highest BCUT2D eigenvalue weighted by molar-refractivity contribution is 5.65. The fraction of sp³-hybridized carbons (Fsp3) is 0.143. The molecule has 4 nitrogen and oxygen atoms in total. The van der Waals surface area contributed by atoms with Gasteiger partial charge in [-0.1, -0.05) is 18.2 Å². The molecule has 3 rings (SSSR count). The Morgan fingerprint density at radius 3 is 2.61 bits per heavy atom. The van der Waals surface area contributed by atoms with Gasteiger partial charge in [0, 0.05) is 18.1 Å². The summed E-state index contributed by atoms with van der Waals surface area (Å²) >= 11 is 0. The average molecular weight is 238 g/mol. The highest BCUT2D eigenvalue weighted by Crippen LogP contribution is 2.24. The number of fused-ring (bicyclic) bond motifs is 1. The number of para-hydroxylation sites is 1. The zero-order valence-electron chi connectivity index (χ0n) is 10.4. The zero-order valence-corrected chi connectivity index (χ0v) is 10.4. The smallest absolute Gasteiger partial charge is 0.235 e. The molecule has 4 heteroatoms. The molecule has 0 atom stereocenters. The first kappa shape index (κ1) is 10.8. The number of hydrogen-bond acceptors (Lipinski definition) is 3. The van der Waals surface area contributed by atoms with Crippen molar-refractivity contribution in [1.29, 1.82) is 0 Å². The second-order valence-electron chi connectivity index (χ2n) is 4.32. The number of imidazole rings is 1. The topological polar surface area (TPSA) is 42.2 Å². The lowest BCUT2D eigenvalue weighted by molar-refractivity contribution is 1.11. The van der Waals surface area contributed by atoms with Crippen LogP contribution in [-0.2, 0) is 0 Å². The second kappa shape index (κ2) is 4.14. The molecule has 0 amide bonds. The molecule has 0 saturated heterocycles. The first-order valence-corrected chi connectivity index (χ1v) is 5.87. The third-order valence-corrected chi connectivity index (χ3v) is 3.02. The van der Waals surface area contributed by atoms with Crippen LogP contribution < -0.4 is 5.32 Å². The molecule has 0 bridgehead atoms. The Bertz CT molecular complexity index is 680. The number of benzene rings is 1. The lowest BCUT2D eigenvalue weighted by atomic mass is 10.1. The summed E-state index contributed by atoms with van der Waals surface area (Å²) in [5, 5.41) is 3.42. The molecular weight excluding hydrogens is 224 g/mol. The second-order valence-corrected chi connectivity index (χ2v) is 4.32. The van der Waals surface area contributed by atoms with Gasteiger partial charge in [0.15, 0.2) is 0 Å². The van der Waals surface area contributed by atoms with Crippen LogP contribution in [0.4, 0.5) is 11.5 Å². The van der Waals surface area contributed by atoms with Gasteiger partial charge in [-0.15, -0.1) is 0 Å². The highest BCUT2D eigenvalue weighted by Gasteiger charge is 2.06. The summed E-state index contributed by atoms with van der Waals surface area (Å²) in [5.41, 5.74) is 3.56. The number of nitrogens with zero attached hydrogens (tertiary/aromatic N) is 3. The first-order chi connectivity index (χ1) is 8.75. The molecule has 0 fully saturated rings. The van der Waals surface area contributed by atoms with Crippen molar-refractivity contribution in [3.8, 4) is 0 Å². The molecule has 0 aliphatic rings. The van der Waals surface area contributed by atoms with Gasteiger partial charge in [0.25, 0.3) is 0 Å². The van der Waals surface area contributed by atoms with Gasteiger partial charge >= 0.3 is 0 Å². The fourth-order valence-electron chi connectivity index (χ4n) is 2.06. The van der Waals surface area contributed by atoms with Crippen LogP contribution in [-0.4, -0.2) is 14.4 Å². The summed E-state index contributed by atoms with van der Waals surface area (Å²) in [6.07, 6.45) is 5.49. The van der Waals surface area contributed by atoms with E-state index in [1.165, 1.54) is 11.1 Å². The molecule has 0 saturated carbocycles. The molecule has 2 aromatic heterocycles. The summed E-state index contributed by atoms with van der Waals surface area (Å²) in [7, 11) is 0. The fourth-order valence-corrected chi connectivity index (χ4v) is 2.06. The predicted octanol–water partition coefficient (Wildman–Crippen LogP) is 3.09. The van der Waals surface area contributed by atoms with E-state index in [-0.39, 0.29) is 0 Å². The summed E-state index contributed by atoms with van der Waals surface area (Å²) in [6.45, 7) is 4.19. The summed E-state index contributed by atoms with van der Waals surface area (Å²) in [6, 6.07) is 8.14. The summed E-state index contributed by atoms with van der Waals surface area (Å²) in [5.74, 6) is 1.63. The molecule has 1 aromatic carbocycles. The van der Waals surface area contributed by atoms with Gasteiger partial charge in [0.05, 0.1) is 6.20 Å². The van der Waals surface area contributed by atoms with E-state index in [9.17, 15) is 0 Å². The van der Waals surface area contributed by atoms with Gasteiger partial charge in [0.1, 0.15) is 5.82 Å². The van der Waals surface area contributed by atoms with Gasteiger partial charge in [-0.25, -0.2) is 9.97 Å². The van der Waals surface area contributed by atoms with Crippen molar-refractivity contribution in [3.63, 3.8) is 0 Å². The van der Waals surface area contributed by atoms with Crippen LogP contribution >= 0.6 is 0 Å². The number of hydrogen-bond donors (Lipinski definition) is 1. The minimum Gasteiger partial charge on any atom is -0.340 e. The van der Waals surface area contributed by atoms with Gasteiger partial charge in [-0.05, 0) is 31.0 Å². The lowest BCUT2D eigenvalue weighted by Crippen LogP contribution is -1.99. The van der Waals surface area contributed by atoms with Gasteiger partial charge in [-0.2, -0.15) is 0 Å². The molecule has 2 heterocycles. The van der Waals surface area contributed by atoms with Crippen molar-refractivity contribution in [2.24, 2.45) is 0 Å². The summed E-state index contributed by atoms with van der Waals surface area (Å²) in [4.78, 5) is 8.46. The van der Waals surface area contributed by atoms with Crippen molar-refractivity contribution in [2.75, 3.05) is 5.32 Å². The molecule has 0 unspecified atom stereocenters. The van der Waals surface area contributed by atoms with E-state index >= 15 is 0 Å². The van der Waals surface area contributed by atoms with Crippen molar-refractivity contribution in [2.45, 2.75) is 13.8 Å². The normalized spacial score (nSPS) is 10.8. The van der Waals surface area contributed by atoms with E-state index in [1.54, 1.807) is 12.4 Å². The lowest BCUT2D eigenvalue weighted by Gasteiger charge is -2.11. The third kappa shape index (κ3) is 1.72. The van der Waals surface area contributed by atoms with Gasteiger partial charge in [0.2, 0.25) is 5.78 Å².